The summed E-state index contributed by atoms with van der Waals surface area (Å²) in [6.45, 7) is 2.02. The van der Waals surface area contributed by atoms with Gasteiger partial charge in [0.2, 0.25) is 5.91 Å². The number of nitrogens with one attached hydrogen (secondary N) is 1. The van der Waals surface area contributed by atoms with Crippen molar-refractivity contribution in [3.8, 4) is 11.5 Å². The van der Waals surface area contributed by atoms with E-state index in [4.69, 9.17) is 9.47 Å². The summed E-state index contributed by atoms with van der Waals surface area (Å²) in [7, 11) is 3.02. The van der Waals surface area contributed by atoms with Crippen molar-refractivity contribution >= 4 is 29.1 Å². The van der Waals surface area contributed by atoms with Gasteiger partial charge in [-0.25, -0.2) is 0 Å². The van der Waals surface area contributed by atoms with E-state index < -0.39 is 0 Å². The fraction of sp³-hybridized carbons (Fsp3) is 0.400. The molecule has 0 spiro atoms. The molecule has 174 valence electrons. The SMILES string of the molecule is COc1cc(NC(=O)c2cccc(N3CCCC3=O)c2)c(C(=O)N2CCCCC2)cc1OC. The molecule has 0 bridgehead atoms. The molecular formula is C25H29N3O5. The fourth-order valence-electron chi connectivity index (χ4n) is 4.36. The summed E-state index contributed by atoms with van der Waals surface area (Å²) in [6, 6.07) is 10.2. The Morgan fingerprint density at radius 3 is 2.30 bits per heavy atom. The molecule has 2 aliphatic rings. The van der Waals surface area contributed by atoms with Crippen molar-refractivity contribution in [1.29, 1.82) is 0 Å². The summed E-state index contributed by atoms with van der Waals surface area (Å²) in [6.07, 6.45) is 4.35. The topological polar surface area (TPSA) is 88.2 Å². The van der Waals surface area contributed by atoms with E-state index >= 15 is 0 Å². The summed E-state index contributed by atoms with van der Waals surface area (Å²) in [5.41, 5.74) is 1.81. The van der Waals surface area contributed by atoms with Gasteiger partial charge in [-0.15, -0.1) is 0 Å². The molecule has 8 nitrogen and oxygen atoms in total. The van der Waals surface area contributed by atoms with E-state index in [-0.39, 0.29) is 17.7 Å². The van der Waals surface area contributed by atoms with Crippen molar-refractivity contribution in [2.24, 2.45) is 0 Å². The minimum atomic E-state index is -0.372. The molecule has 2 aromatic rings. The highest BCUT2D eigenvalue weighted by Crippen LogP contribution is 2.35. The molecule has 0 unspecified atom stereocenters. The first kappa shape index (κ1) is 22.6. The molecule has 2 aromatic carbocycles. The Bertz CT molecular complexity index is 1060. The number of benzene rings is 2. The van der Waals surface area contributed by atoms with Crippen molar-refractivity contribution in [3.63, 3.8) is 0 Å². The number of likely N-dealkylation sites (tertiary alicyclic amines) is 1. The summed E-state index contributed by atoms with van der Waals surface area (Å²) in [4.78, 5) is 42.1. The largest absolute Gasteiger partial charge is 0.493 e. The number of hydrogen-bond donors (Lipinski definition) is 1. The first-order chi connectivity index (χ1) is 16.0. The van der Waals surface area contributed by atoms with E-state index in [1.165, 1.54) is 14.2 Å². The quantitative estimate of drug-likeness (QED) is 0.723. The van der Waals surface area contributed by atoms with E-state index in [1.807, 2.05) is 6.07 Å². The molecule has 8 heteroatoms. The first-order valence-electron chi connectivity index (χ1n) is 11.3. The lowest BCUT2D eigenvalue weighted by atomic mass is 10.1. The van der Waals surface area contributed by atoms with Gasteiger partial charge in [0, 0.05) is 43.4 Å². The molecule has 0 aliphatic carbocycles. The van der Waals surface area contributed by atoms with Gasteiger partial charge in [-0.1, -0.05) is 6.07 Å². The zero-order valence-electron chi connectivity index (χ0n) is 19.1. The lowest BCUT2D eigenvalue weighted by molar-refractivity contribution is -0.117. The highest BCUT2D eigenvalue weighted by atomic mass is 16.5. The van der Waals surface area contributed by atoms with Crippen molar-refractivity contribution in [1.82, 2.24) is 4.90 Å². The first-order valence-corrected chi connectivity index (χ1v) is 11.3. The van der Waals surface area contributed by atoms with Crippen LogP contribution in [0, 0.1) is 0 Å². The maximum absolute atomic E-state index is 13.3. The molecule has 0 radical (unpaired) electrons. The highest BCUT2D eigenvalue weighted by Gasteiger charge is 2.25. The average Bonchev–Trinajstić information content (AvgIpc) is 3.29. The molecule has 2 saturated heterocycles. The smallest absolute Gasteiger partial charge is 0.256 e. The second-order valence-electron chi connectivity index (χ2n) is 8.26. The van der Waals surface area contributed by atoms with Crippen LogP contribution in [0.5, 0.6) is 11.5 Å². The second kappa shape index (κ2) is 9.94. The van der Waals surface area contributed by atoms with Crippen LogP contribution < -0.4 is 19.7 Å². The van der Waals surface area contributed by atoms with Crippen molar-refractivity contribution in [3.05, 3.63) is 47.5 Å². The molecular weight excluding hydrogens is 422 g/mol. The van der Waals surface area contributed by atoms with Gasteiger partial charge in [-0.05, 0) is 49.9 Å². The fourth-order valence-corrected chi connectivity index (χ4v) is 4.36. The predicted octanol–water partition coefficient (Wildman–Crippen LogP) is 3.71. The number of methoxy groups -OCH3 is 2. The Hall–Kier alpha value is -3.55. The molecule has 2 aliphatic heterocycles. The highest BCUT2D eigenvalue weighted by molar-refractivity contribution is 6.10. The zero-order chi connectivity index (χ0) is 23.4. The molecule has 4 rings (SSSR count). The Morgan fingerprint density at radius 1 is 0.909 bits per heavy atom. The molecule has 0 saturated carbocycles. The third kappa shape index (κ3) is 4.79. The van der Waals surface area contributed by atoms with Crippen LogP contribution in [0.2, 0.25) is 0 Å². The van der Waals surface area contributed by atoms with Crippen molar-refractivity contribution in [2.75, 3.05) is 44.1 Å². The number of anilines is 2. The monoisotopic (exact) mass is 451 g/mol. The van der Waals surface area contributed by atoms with Crippen molar-refractivity contribution in [2.45, 2.75) is 32.1 Å². The van der Waals surface area contributed by atoms with Gasteiger partial charge >= 0.3 is 0 Å². The van der Waals surface area contributed by atoms with Gasteiger partial charge in [0.1, 0.15) is 0 Å². The minimum Gasteiger partial charge on any atom is -0.493 e. The van der Waals surface area contributed by atoms with Crippen LogP contribution in [0.25, 0.3) is 0 Å². The maximum Gasteiger partial charge on any atom is 0.256 e. The summed E-state index contributed by atoms with van der Waals surface area (Å²) in [5.74, 6) is 0.373. The van der Waals surface area contributed by atoms with Crippen LogP contribution in [0.3, 0.4) is 0 Å². The van der Waals surface area contributed by atoms with Gasteiger partial charge in [0.15, 0.2) is 11.5 Å². The predicted molar refractivity (Wildman–Crippen MR) is 125 cm³/mol. The van der Waals surface area contributed by atoms with Crippen LogP contribution in [0.1, 0.15) is 52.8 Å². The molecule has 3 amide bonds. The molecule has 0 atom stereocenters. The number of carbonyl (C=O) groups is 3. The average molecular weight is 452 g/mol. The molecule has 0 aromatic heterocycles. The second-order valence-corrected chi connectivity index (χ2v) is 8.26. The number of hydrogen-bond acceptors (Lipinski definition) is 5. The van der Waals surface area contributed by atoms with Crippen LogP contribution >= 0.6 is 0 Å². The van der Waals surface area contributed by atoms with Gasteiger partial charge in [0.05, 0.1) is 25.5 Å². The Balaban J connectivity index is 1.64. The van der Waals surface area contributed by atoms with E-state index in [2.05, 4.69) is 5.32 Å². The Morgan fingerprint density at radius 2 is 1.64 bits per heavy atom. The number of nitrogens with zero attached hydrogens (tertiary/aromatic N) is 2. The normalized spacial score (nSPS) is 16.0. The maximum atomic E-state index is 13.3. The van der Waals surface area contributed by atoms with E-state index in [9.17, 15) is 14.4 Å². The standard InChI is InChI=1S/C25H29N3O5/c1-32-21-15-19(25(31)27-11-4-3-5-12-27)20(16-22(21)33-2)26-24(30)17-8-6-9-18(14-17)28-13-7-10-23(28)29/h6,8-9,14-16H,3-5,7,10-13H2,1-2H3,(H,26,30). The number of carbonyl (C=O) groups excluding carboxylic acids is 3. The lowest BCUT2D eigenvalue weighted by Crippen LogP contribution is -2.36. The van der Waals surface area contributed by atoms with E-state index in [0.29, 0.717) is 60.1 Å². The van der Waals surface area contributed by atoms with Crippen molar-refractivity contribution < 1.29 is 23.9 Å². The number of rotatable bonds is 6. The zero-order valence-corrected chi connectivity index (χ0v) is 19.1. The third-order valence-corrected chi connectivity index (χ3v) is 6.14. The summed E-state index contributed by atoms with van der Waals surface area (Å²) in [5, 5.41) is 2.88. The molecule has 33 heavy (non-hydrogen) atoms. The lowest BCUT2D eigenvalue weighted by Gasteiger charge is -2.28. The van der Waals surface area contributed by atoms with Gasteiger partial charge in [0.25, 0.3) is 11.8 Å². The van der Waals surface area contributed by atoms with Crippen LogP contribution in [-0.4, -0.2) is 56.5 Å². The number of ether oxygens (including phenoxy) is 2. The van der Waals surface area contributed by atoms with E-state index in [0.717, 1.165) is 25.7 Å². The minimum absolute atomic E-state index is 0.0573. The third-order valence-electron chi connectivity index (χ3n) is 6.14. The number of amides is 3. The Labute approximate surface area is 193 Å². The van der Waals surface area contributed by atoms with Gasteiger partial charge in [-0.3, -0.25) is 14.4 Å². The summed E-state index contributed by atoms with van der Waals surface area (Å²) >= 11 is 0. The molecule has 2 heterocycles. The van der Waals surface area contributed by atoms with Crippen LogP contribution in [0.4, 0.5) is 11.4 Å². The van der Waals surface area contributed by atoms with Gasteiger partial charge < -0.3 is 24.6 Å². The molecule has 2 fully saturated rings. The van der Waals surface area contributed by atoms with E-state index in [1.54, 1.807) is 40.1 Å². The molecule has 1 N–H and O–H groups in total. The number of piperidine rings is 1. The Kier molecular flexibility index (Phi) is 6.82. The summed E-state index contributed by atoms with van der Waals surface area (Å²) < 4.78 is 10.8. The van der Waals surface area contributed by atoms with Crippen LogP contribution in [0.15, 0.2) is 36.4 Å². The van der Waals surface area contributed by atoms with Crippen LogP contribution in [-0.2, 0) is 4.79 Å². The van der Waals surface area contributed by atoms with Gasteiger partial charge in [-0.2, -0.15) is 0 Å².